The molecule has 2 atom stereocenters. The molecule has 0 aliphatic carbocycles. The third kappa shape index (κ3) is 2.47. The summed E-state index contributed by atoms with van der Waals surface area (Å²) in [6.45, 7) is 0. The molecule has 2 fully saturated rings. The minimum Gasteiger partial charge on any atom is -0.393 e. The Labute approximate surface area is 125 Å². The van der Waals surface area contributed by atoms with E-state index in [2.05, 4.69) is 4.98 Å². The Morgan fingerprint density at radius 3 is 2.62 bits per heavy atom. The van der Waals surface area contributed by atoms with E-state index in [9.17, 15) is 20.0 Å². The molecule has 3 rings (SSSR count). The molecule has 1 aromatic rings. The average molecular weight is 312 g/mol. The van der Waals surface area contributed by atoms with Gasteiger partial charge in [0.15, 0.2) is 0 Å². The van der Waals surface area contributed by atoms with Crippen molar-refractivity contribution in [2.75, 3.05) is 0 Å². The van der Waals surface area contributed by atoms with Gasteiger partial charge < -0.3 is 10.0 Å². The molecule has 1 amide bonds. The quantitative estimate of drug-likeness (QED) is 0.510. The molecule has 3 heterocycles. The molecular formula is C13H14ClN3O4. The number of hydrogen-bond donors (Lipinski definition) is 1. The fraction of sp³-hybridized carbons (Fsp3) is 0.538. The summed E-state index contributed by atoms with van der Waals surface area (Å²) in [6, 6.07) is 1.12. The summed E-state index contributed by atoms with van der Waals surface area (Å²) in [4.78, 5) is 28.3. The highest BCUT2D eigenvalue weighted by atomic mass is 35.5. The number of fused-ring (bicyclic) bond motifs is 2. The van der Waals surface area contributed by atoms with Gasteiger partial charge in [-0.05, 0) is 25.7 Å². The number of halogens is 1. The van der Waals surface area contributed by atoms with Crippen LogP contribution in [0.1, 0.15) is 36.0 Å². The van der Waals surface area contributed by atoms with Crippen LogP contribution in [0.15, 0.2) is 12.3 Å². The van der Waals surface area contributed by atoms with E-state index in [1.807, 2.05) is 0 Å². The number of carbonyl (C=O) groups is 1. The normalized spacial score (nSPS) is 27.7. The van der Waals surface area contributed by atoms with Crippen molar-refractivity contribution in [2.24, 2.45) is 0 Å². The minimum atomic E-state index is -0.603. The van der Waals surface area contributed by atoms with Crippen LogP contribution >= 0.6 is 11.6 Å². The molecule has 0 radical (unpaired) electrons. The van der Waals surface area contributed by atoms with Crippen molar-refractivity contribution >= 4 is 23.2 Å². The molecule has 2 bridgehead atoms. The van der Waals surface area contributed by atoms with Crippen LogP contribution in [-0.4, -0.2) is 44.0 Å². The van der Waals surface area contributed by atoms with Gasteiger partial charge in [0.2, 0.25) is 0 Å². The first kappa shape index (κ1) is 14.2. The summed E-state index contributed by atoms with van der Waals surface area (Å²) in [5.41, 5.74) is -0.203. The zero-order chi connectivity index (χ0) is 15.1. The zero-order valence-electron chi connectivity index (χ0n) is 11.1. The Morgan fingerprint density at radius 2 is 2.05 bits per heavy atom. The van der Waals surface area contributed by atoms with E-state index in [-0.39, 0.29) is 40.5 Å². The van der Waals surface area contributed by atoms with E-state index in [1.54, 1.807) is 4.90 Å². The van der Waals surface area contributed by atoms with Gasteiger partial charge in [0.25, 0.3) is 11.6 Å². The number of nitro groups is 1. The number of pyridine rings is 1. The van der Waals surface area contributed by atoms with Gasteiger partial charge in [0.05, 0.1) is 16.6 Å². The molecule has 8 heteroatoms. The Morgan fingerprint density at radius 1 is 1.43 bits per heavy atom. The lowest BCUT2D eigenvalue weighted by atomic mass is 9.99. The number of piperidine rings is 1. The van der Waals surface area contributed by atoms with Crippen molar-refractivity contribution in [1.29, 1.82) is 0 Å². The van der Waals surface area contributed by atoms with E-state index >= 15 is 0 Å². The van der Waals surface area contributed by atoms with Crippen LogP contribution in [0.2, 0.25) is 5.15 Å². The molecule has 0 saturated carbocycles. The lowest BCUT2D eigenvalue weighted by Gasteiger charge is -2.37. The molecular weight excluding hydrogens is 298 g/mol. The highest BCUT2D eigenvalue weighted by molar-refractivity contribution is 6.32. The number of aromatic nitrogens is 1. The summed E-state index contributed by atoms with van der Waals surface area (Å²) in [6.07, 6.45) is 3.42. The monoisotopic (exact) mass is 311 g/mol. The van der Waals surface area contributed by atoms with Crippen molar-refractivity contribution in [2.45, 2.75) is 43.9 Å². The largest absolute Gasteiger partial charge is 0.393 e. The van der Waals surface area contributed by atoms with Gasteiger partial charge in [-0.25, -0.2) is 4.98 Å². The molecule has 2 saturated heterocycles. The second kappa shape index (κ2) is 5.23. The second-order valence-corrected chi connectivity index (χ2v) is 5.87. The van der Waals surface area contributed by atoms with Crippen LogP contribution < -0.4 is 0 Å². The lowest BCUT2D eigenvalue weighted by Crippen LogP contribution is -2.48. The van der Waals surface area contributed by atoms with Gasteiger partial charge >= 0.3 is 0 Å². The van der Waals surface area contributed by atoms with E-state index < -0.39 is 4.92 Å². The van der Waals surface area contributed by atoms with Crippen LogP contribution in [0.25, 0.3) is 0 Å². The number of carbonyl (C=O) groups excluding carboxylic acids is 1. The van der Waals surface area contributed by atoms with Crippen LogP contribution in [0, 0.1) is 10.1 Å². The molecule has 2 unspecified atom stereocenters. The van der Waals surface area contributed by atoms with Gasteiger partial charge in [-0.3, -0.25) is 14.9 Å². The third-order valence-electron chi connectivity index (χ3n) is 4.21. The number of rotatable bonds is 2. The zero-order valence-corrected chi connectivity index (χ0v) is 11.9. The van der Waals surface area contributed by atoms with Crippen molar-refractivity contribution in [1.82, 2.24) is 9.88 Å². The third-order valence-corrected chi connectivity index (χ3v) is 4.51. The van der Waals surface area contributed by atoms with E-state index in [4.69, 9.17) is 11.6 Å². The molecule has 112 valence electrons. The van der Waals surface area contributed by atoms with Gasteiger partial charge in [0.1, 0.15) is 11.3 Å². The Balaban J connectivity index is 1.92. The summed E-state index contributed by atoms with van der Waals surface area (Å²) in [5, 5.41) is 20.5. The number of aliphatic hydroxyl groups excluding tert-OH is 1. The maximum Gasteiger partial charge on any atom is 0.288 e. The smallest absolute Gasteiger partial charge is 0.288 e. The SMILES string of the molecule is O=C(c1cc([N+](=O)[O-])cnc1Cl)N1C2CCC1CC(O)C2. The lowest BCUT2D eigenvalue weighted by molar-refractivity contribution is -0.385. The molecule has 7 nitrogen and oxygen atoms in total. The van der Waals surface area contributed by atoms with Gasteiger partial charge in [-0.1, -0.05) is 11.6 Å². The second-order valence-electron chi connectivity index (χ2n) is 5.51. The molecule has 0 aromatic carbocycles. The maximum atomic E-state index is 12.7. The van der Waals surface area contributed by atoms with E-state index in [0.29, 0.717) is 12.8 Å². The number of aliphatic hydroxyl groups is 1. The van der Waals surface area contributed by atoms with Crippen molar-refractivity contribution in [3.8, 4) is 0 Å². The topological polar surface area (TPSA) is 96.6 Å². The van der Waals surface area contributed by atoms with Crippen LogP contribution in [-0.2, 0) is 0 Å². The first-order valence-electron chi connectivity index (χ1n) is 6.78. The molecule has 1 aromatic heterocycles. The van der Waals surface area contributed by atoms with E-state index in [1.165, 1.54) is 6.07 Å². The number of hydrogen-bond acceptors (Lipinski definition) is 5. The Kier molecular flexibility index (Phi) is 3.54. The highest BCUT2D eigenvalue weighted by Crippen LogP contribution is 2.37. The first-order chi connectivity index (χ1) is 9.97. The average Bonchev–Trinajstić information content (AvgIpc) is 2.70. The number of nitrogens with zero attached hydrogens (tertiary/aromatic N) is 3. The number of amides is 1. The van der Waals surface area contributed by atoms with Crippen LogP contribution in [0.5, 0.6) is 0 Å². The molecule has 1 N–H and O–H groups in total. The van der Waals surface area contributed by atoms with Crippen LogP contribution in [0.3, 0.4) is 0 Å². The predicted molar refractivity (Wildman–Crippen MR) is 74.1 cm³/mol. The summed E-state index contributed by atoms with van der Waals surface area (Å²) >= 11 is 5.93. The summed E-state index contributed by atoms with van der Waals surface area (Å²) < 4.78 is 0. The van der Waals surface area contributed by atoms with Crippen molar-refractivity contribution in [3.05, 3.63) is 33.1 Å². The Bertz CT molecular complexity index is 595. The van der Waals surface area contributed by atoms with Gasteiger partial charge in [0, 0.05) is 18.2 Å². The van der Waals surface area contributed by atoms with Crippen LogP contribution in [0.4, 0.5) is 5.69 Å². The molecule has 0 spiro atoms. The van der Waals surface area contributed by atoms with E-state index in [0.717, 1.165) is 19.0 Å². The summed E-state index contributed by atoms with van der Waals surface area (Å²) in [7, 11) is 0. The van der Waals surface area contributed by atoms with Gasteiger partial charge in [-0.2, -0.15) is 0 Å². The molecule has 21 heavy (non-hydrogen) atoms. The minimum absolute atomic E-state index is 0.0263. The molecule has 2 aliphatic rings. The van der Waals surface area contributed by atoms with Gasteiger partial charge in [-0.15, -0.1) is 0 Å². The fourth-order valence-corrected chi connectivity index (χ4v) is 3.49. The molecule has 2 aliphatic heterocycles. The summed E-state index contributed by atoms with van der Waals surface area (Å²) in [5.74, 6) is -0.337. The fourth-order valence-electron chi connectivity index (χ4n) is 3.31. The van der Waals surface area contributed by atoms with Crippen molar-refractivity contribution in [3.63, 3.8) is 0 Å². The predicted octanol–water partition coefficient (Wildman–Crippen LogP) is 1.77. The highest BCUT2D eigenvalue weighted by Gasteiger charge is 2.43. The Hall–Kier alpha value is -1.73. The van der Waals surface area contributed by atoms with Crippen molar-refractivity contribution < 1.29 is 14.8 Å². The standard InChI is InChI=1S/C13H14ClN3O4/c14-12-11(5-9(6-15-12)17(20)21)13(19)16-7-1-2-8(16)4-10(18)3-7/h5-8,10,18H,1-4H2. The maximum absolute atomic E-state index is 12.7. The first-order valence-corrected chi connectivity index (χ1v) is 7.16.